The molecule has 0 bridgehead atoms. The van der Waals surface area contributed by atoms with E-state index in [4.69, 9.17) is 22.1 Å². The molecule has 1 aromatic carbocycles. The third kappa shape index (κ3) is 4.72. The lowest BCUT2D eigenvalue weighted by Crippen LogP contribution is -2.32. The lowest BCUT2D eigenvalue weighted by atomic mass is 10.1. The van der Waals surface area contributed by atoms with Crippen molar-refractivity contribution in [3.8, 4) is 17.0 Å². The number of nitrogens with zero attached hydrogens (tertiary/aromatic N) is 3. The average Bonchev–Trinajstić information content (AvgIpc) is 3.02. The Kier molecular flexibility index (Phi) is 6.21. The summed E-state index contributed by atoms with van der Waals surface area (Å²) < 4.78 is 72.2. The van der Waals surface area contributed by atoms with E-state index in [-0.39, 0.29) is 16.5 Å². The minimum atomic E-state index is -4.78. The predicted octanol–water partition coefficient (Wildman–Crippen LogP) is 4.27. The summed E-state index contributed by atoms with van der Waals surface area (Å²) in [4.78, 5) is 19.7. The molecule has 1 amide bonds. The Hall–Kier alpha value is -3.48. The van der Waals surface area contributed by atoms with Gasteiger partial charge in [0, 0.05) is 5.56 Å². The topological polar surface area (TPSA) is 119 Å². The van der Waals surface area contributed by atoms with Crippen LogP contribution in [0.4, 0.5) is 33.5 Å². The van der Waals surface area contributed by atoms with Crippen LogP contribution in [0.1, 0.15) is 23.0 Å². The highest BCUT2D eigenvalue weighted by Gasteiger charge is 2.39. The lowest BCUT2D eigenvalue weighted by molar-refractivity contribution is -0.189. The number of amides is 1. The van der Waals surface area contributed by atoms with Crippen LogP contribution in [0, 0.1) is 18.7 Å². The van der Waals surface area contributed by atoms with E-state index in [0.717, 1.165) is 12.3 Å². The average molecular weight is 477 g/mol. The number of hydrogen-bond acceptors (Lipinski definition) is 6. The van der Waals surface area contributed by atoms with Gasteiger partial charge >= 0.3 is 6.18 Å². The number of hydrogen-bond donors (Lipinski definition) is 3. The number of benzene rings is 1. The Balaban J connectivity index is 2.09. The number of nitrogen functional groups attached to an aromatic ring is 1. The van der Waals surface area contributed by atoms with Crippen molar-refractivity contribution in [3.63, 3.8) is 0 Å². The molecule has 8 nitrogen and oxygen atoms in total. The Morgan fingerprint density at radius 3 is 2.56 bits per heavy atom. The van der Waals surface area contributed by atoms with E-state index in [1.807, 2.05) is 0 Å². The molecule has 1 atom stereocenters. The molecular formula is C18H14ClF5N6O2. The number of H-pyrrole nitrogens is 1. The Morgan fingerprint density at radius 1 is 1.31 bits per heavy atom. The molecule has 0 aliphatic heterocycles. The van der Waals surface area contributed by atoms with Crippen LogP contribution in [0.5, 0.6) is 5.75 Å². The first kappa shape index (κ1) is 23.2. The van der Waals surface area contributed by atoms with Crippen LogP contribution < -0.4 is 15.8 Å². The minimum Gasteiger partial charge on any atom is -0.480 e. The summed E-state index contributed by atoms with van der Waals surface area (Å²) in [6, 6.07) is 1.46. The second-order valence-electron chi connectivity index (χ2n) is 6.53. The molecule has 14 heteroatoms. The highest BCUT2D eigenvalue weighted by atomic mass is 35.5. The fourth-order valence-corrected chi connectivity index (χ4v) is 2.76. The molecular weight excluding hydrogens is 463 g/mol. The molecule has 0 saturated heterocycles. The number of aromatic nitrogens is 4. The van der Waals surface area contributed by atoms with Crippen molar-refractivity contribution in [2.45, 2.75) is 26.1 Å². The van der Waals surface area contributed by atoms with Crippen molar-refractivity contribution in [2.24, 2.45) is 0 Å². The second kappa shape index (κ2) is 8.57. The van der Waals surface area contributed by atoms with Crippen molar-refractivity contribution >= 4 is 29.0 Å². The molecule has 2 heterocycles. The van der Waals surface area contributed by atoms with Gasteiger partial charge in [0.05, 0.1) is 23.1 Å². The van der Waals surface area contributed by atoms with Gasteiger partial charge in [-0.3, -0.25) is 9.89 Å². The number of aromatic amines is 1. The first-order chi connectivity index (χ1) is 14.9. The van der Waals surface area contributed by atoms with Gasteiger partial charge in [0.25, 0.3) is 11.9 Å². The normalized spacial score (nSPS) is 12.5. The highest BCUT2D eigenvalue weighted by molar-refractivity contribution is 6.33. The van der Waals surface area contributed by atoms with E-state index in [1.54, 1.807) is 0 Å². The van der Waals surface area contributed by atoms with E-state index >= 15 is 0 Å². The molecule has 0 fully saturated rings. The smallest absolute Gasteiger partial charge is 0.425 e. The number of carbonyl (C=O) groups excluding carboxylic acids is 1. The molecule has 0 spiro atoms. The number of nitrogens with one attached hydrogen (secondary N) is 2. The highest BCUT2D eigenvalue weighted by Crippen LogP contribution is 2.34. The zero-order valence-corrected chi connectivity index (χ0v) is 17.1. The number of anilines is 2. The van der Waals surface area contributed by atoms with Gasteiger partial charge in [-0.2, -0.15) is 22.7 Å². The number of ether oxygens (including phenoxy) is 1. The molecule has 32 heavy (non-hydrogen) atoms. The maximum atomic E-state index is 14.8. The number of halogens is 6. The summed E-state index contributed by atoms with van der Waals surface area (Å²) in [6.07, 6.45) is -6.31. The van der Waals surface area contributed by atoms with Crippen molar-refractivity contribution in [2.75, 3.05) is 11.1 Å². The predicted molar refractivity (Wildman–Crippen MR) is 104 cm³/mol. The summed E-state index contributed by atoms with van der Waals surface area (Å²) in [5.41, 5.74) is 4.46. The van der Waals surface area contributed by atoms with Gasteiger partial charge in [-0.1, -0.05) is 11.6 Å². The van der Waals surface area contributed by atoms with Gasteiger partial charge in [-0.05, 0) is 26.0 Å². The molecule has 0 radical (unpaired) electrons. The largest absolute Gasteiger partial charge is 0.480 e. The first-order valence-electron chi connectivity index (χ1n) is 8.75. The van der Waals surface area contributed by atoms with Crippen molar-refractivity contribution in [1.82, 2.24) is 20.2 Å². The summed E-state index contributed by atoms with van der Waals surface area (Å²) >= 11 is 5.86. The molecule has 0 aliphatic rings. The standard InChI is InChI=1S/C18H14ClF5N6O2/c1-6-13(14(19)30-29-6)28-17(31)9-3-10(20)8(11-5-26-15(21)16(25)27-11)4-12(9)32-7(2)18(22,23)24/h3-5,7H,1-2H3,(H2,25,27)(H,28,31)(H,29,30). The van der Waals surface area contributed by atoms with E-state index in [2.05, 4.69) is 25.5 Å². The number of alkyl halides is 3. The third-order valence-electron chi connectivity index (χ3n) is 4.25. The third-order valence-corrected chi connectivity index (χ3v) is 4.52. The zero-order chi connectivity index (χ0) is 23.8. The van der Waals surface area contributed by atoms with Crippen LogP contribution >= 0.6 is 11.6 Å². The van der Waals surface area contributed by atoms with Gasteiger partial charge < -0.3 is 15.8 Å². The Bertz CT molecular complexity index is 1160. The van der Waals surface area contributed by atoms with Crippen LogP contribution in [0.2, 0.25) is 5.15 Å². The van der Waals surface area contributed by atoms with Crippen LogP contribution in [0.25, 0.3) is 11.3 Å². The van der Waals surface area contributed by atoms with Gasteiger partial charge in [0.2, 0.25) is 0 Å². The van der Waals surface area contributed by atoms with E-state index < -0.39 is 52.6 Å². The molecule has 3 aromatic rings. The monoisotopic (exact) mass is 476 g/mol. The summed E-state index contributed by atoms with van der Waals surface area (Å²) in [5.74, 6) is -4.47. The van der Waals surface area contributed by atoms with Gasteiger partial charge in [0.15, 0.2) is 17.1 Å². The molecule has 2 aromatic heterocycles. The van der Waals surface area contributed by atoms with Gasteiger partial charge in [-0.25, -0.2) is 14.4 Å². The maximum Gasteiger partial charge on any atom is 0.425 e. The minimum absolute atomic E-state index is 0.0492. The SMILES string of the molecule is Cc1[nH]nc(Cl)c1NC(=O)c1cc(F)c(-c2cnc(F)c(N)n2)cc1OC(C)C(F)(F)F. The van der Waals surface area contributed by atoms with E-state index in [1.165, 1.54) is 6.92 Å². The second-order valence-corrected chi connectivity index (χ2v) is 6.89. The summed E-state index contributed by atoms with van der Waals surface area (Å²) in [6.45, 7) is 2.23. The quantitative estimate of drug-likeness (QED) is 0.473. The number of carbonyl (C=O) groups is 1. The van der Waals surface area contributed by atoms with Crippen molar-refractivity contribution in [1.29, 1.82) is 0 Å². The van der Waals surface area contributed by atoms with Crippen molar-refractivity contribution in [3.05, 3.63) is 46.5 Å². The van der Waals surface area contributed by atoms with Crippen molar-refractivity contribution < 1.29 is 31.5 Å². The first-order valence-corrected chi connectivity index (χ1v) is 9.13. The van der Waals surface area contributed by atoms with Crippen LogP contribution in [0.15, 0.2) is 18.3 Å². The fraction of sp³-hybridized carbons (Fsp3) is 0.222. The van der Waals surface area contributed by atoms with Crippen LogP contribution in [-0.4, -0.2) is 38.4 Å². The summed E-state index contributed by atoms with van der Waals surface area (Å²) in [7, 11) is 0. The molecule has 0 saturated carbocycles. The number of rotatable bonds is 5. The maximum absolute atomic E-state index is 14.8. The fourth-order valence-electron chi connectivity index (χ4n) is 2.53. The summed E-state index contributed by atoms with van der Waals surface area (Å²) in [5, 5.41) is 8.40. The van der Waals surface area contributed by atoms with Crippen LogP contribution in [-0.2, 0) is 0 Å². The molecule has 170 valence electrons. The van der Waals surface area contributed by atoms with Gasteiger partial charge in [-0.15, -0.1) is 0 Å². The Labute approximate surface area is 182 Å². The lowest BCUT2D eigenvalue weighted by Gasteiger charge is -2.20. The van der Waals surface area contributed by atoms with E-state index in [0.29, 0.717) is 18.7 Å². The molecule has 3 rings (SSSR count). The molecule has 4 N–H and O–H groups in total. The number of aryl methyl sites for hydroxylation is 1. The number of nitrogens with two attached hydrogens (primary N) is 1. The van der Waals surface area contributed by atoms with E-state index in [9.17, 15) is 26.7 Å². The van der Waals surface area contributed by atoms with Gasteiger partial charge in [0.1, 0.15) is 17.3 Å². The zero-order valence-electron chi connectivity index (χ0n) is 16.3. The molecule has 1 unspecified atom stereocenters. The van der Waals surface area contributed by atoms with Crippen LogP contribution in [0.3, 0.4) is 0 Å². The Morgan fingerprint density at radius 2 is 2.00 bits per heavy atom. The molecule has 0 aliphatic carbocycles.